The molecule has 1 amide bonds. The molecule has 0 radical (unpaired) electrons. The predicted octanol–water partition coefficient (Wildman–Crippen LogP) is -0.560. The molecule has 0 spiro atoms. The van der Waals surface area contributed by atoms with Crippen molar-refractivity contribution >= 4 is 11.9 Å². The van der Waals surface area contributed by atoms with Crippen molar-refractivity contribution in [3.8, 4) is 0 Å². The van der Waals surface area contributed by atoms with Crippen molar-refractivity contribution in [2.75, 3.05) is 20.2 Å². The first kappa shape index (κ1) is 10.6. The van der Waals surface area contributed by atoms with Crippen LogP contribution in [0.5, 0.6) is 0 Å². The summed E-state index contributed by atoms with van der Waals surface area (Å²) in [5.41, 5.74) is 0. The molecule has 1 aliphatic rings. The number of amides is 1. The number of hydrogen-bond donors (Lipinski definition) is 1. The average Bonchev–Trinajstić information content (AvgIpc) is 2.97. The molecule has 0 saturated carbocycles. The molecule has 1 aromatic rings. The van der Waals surface area contributed by atoms with E-state index in [0.29, 0.717) is 19.5 Å². The van der Waals surface area contributed by atoms with Crippen LogP contribution in [0.15, 0.2) is 6.33 Å². The highest BCUT2D eigenvalue weighted by Gasteiger charge is 2.32. The number of carbonyl (C=O) groups is 2. The fraction of sp³-hybridized carbons (Fsp3) is 0.556. The lowest BCUT2D eigenvalue weighted by molar-refractivity contribution is -0.144. The number of rotatable bonds is 2. The van der Waals surface area contributed by atoms with Gasteiger partial charge in [0.1, 0.15) is 6.33 Å². The molecule has 16 heavy (non-hydrogen) atoms. The van der Waals surface area contributed by atoms with Crippen molar-refractivity contribution in [3.63, 3.8) is 0 Å². The summed E-state index contributed by atoms with van der Waals surface area (Å²) in [6.45, 7) is 0.922. The average molecular weight is 224 g/mol. The smallest absolute Gasteiger partial charge is 0.310 e. The Labute approximate surface area is 91.8 Å². The normalized spacial score (nSPS) is 19.8. The van der Waals surface area contributed by atoms with Crippen molar-refractivity contribution in [2.45, 2.75) is 6.42 Å². The minimum Gasteiger partial charge on any atom is -0.469 e. The monoisotopic (exact) mass is 224 g/mol. The topological polar surface area (TPSA) is 88.2 Å². The van der Waals surface area contributed by atoms with Gasteiger partial charge < -0.3 is 9.64 Å². The number of hydrogen-bond acceptors (Lipinski definition) is 5. The lowest BCUT2D eigenvalue weighted by Gasteiger charge is -2.13. The Bertz CT molecular complexity index is 389. The van der Waals surface area contributed by atoms with Gasteiger partial charge >= 0.3 is 5.97 Å². The van der Waals surface area contributed by atoms with E-state index in [0.717, 1.165) is 0 Å². The second-order valence-corrected chi connectivity index (χ2v) is 3.59. The second-order valence-electron chi connectivity index (χ2n) is 3.59. The first-order valence-electron chi connectivity index (χ1n) is 4.95. The van der Waals surface area contributed by atoms with Gasteiger partial charge in [-0.25, -0.2) is 4.98 Å². The Balaban J connectivity index is 1.99. The first-order valence-corrected chi connectivity index (χ1v) is 4.95. The van der Waals surface area contributed by atoms with E-state index in [2.05, 4.69) is 19.9 Å². The van der Waals surface area contributed by atoms with Gasteiger partial charge in [-0.2, -0.15) is 5.10 Å². The highest BCUT2D eigenvalue weighted by Crippen LogP contribution is 2.18. The zero-order valence-corrected chi connectivity index (χ0v) is 8.84. The Hall–Kier alpha value is -1.92. The SMILES string of the molecule is COC(=O)C1CCN(C(=O)c2ncn[nH]2)C1. The molecule has 86 valence electrons. The minimum atomic E-state index is -0.270. The third-order valence-electron chi connectivity index (χ3n) is 2.63. The van der Waals surface area contributed by atoms with E-state index in [4.69, 9.17) is 0 Å². The van der Waals surface area contributed by atoms with Crippen molar-refractivity contribution in [3.05, 3.63) is 12.2 Å². The molecule has 2 heterocycles. The second kappa shape index (κ2) is 4.30. The van der Waals surface area contributed by atoms with Gasteiger partial charge in [0.15, 0.2) is 0 Å². The zero-order chi connectivity index (χ0) is 11.5. The summed E-state index contributed by atoms with van der Waals surface area (Å²) in [6.07, 6.45) is 1.91. The molecule has 2 rings (SSSR count). The van der Waals surface area contributed by atoms with Crippen LogP contribution in [0.25, 0.3) is 0 Å². The van der Waals surface area contributed by atoms with Gasteiger partial charge in [-0.05, 0) is 6.42 Å². The van der Waals surface area contributed by atoms with E-state index < -0.39 is 0 Å². The summed E-state index contributed by atoms with van der Waals surface area (Å²) in [6, 6.07) is 0. The van der Waals surface area contributed by atoms with Gasteiger partial charge in [0.25, 0.3) is 5.91 Å². The van der Waals surface area contributed by atoms with Crippen LogP contribution < -0.4 is 0 Å². The van der Waals surface area contributed by atoms with Crippen LogP contribution in [0.3, 0.4) is 0 Å². The molecule has 1 N–H and O–H groups in total. The van der Waals surface area contributed by atoms with Gasteiger partial charge in [0.05, 0.1) is 13.0 Å². The van der Waals surface area contributed by atoms with E-state index in [1.165, 1.54) is 13.4 Å². The van der Waals surface area contributed by atoms with Crippen LogP contribution in [0, 0.1) is 5.92 Å². The number of likely N-dealkylation sites (tertiary alicyclic amines) is 1. The van der Waals surface area contributed by atoms with E-state index in [1.54, 1.807) is 4.90 Å². The molecule has 1 aliphatic heterocycles. The van der Waals surface area contributed by atoms with Gasteiger partial charge in [-0.3, -0.25) is 14.7 Å². The van der Waals surface area contributed by atoms with Crippen molar-refractivity contribution < 1.29 is 14.3 Å². The van der Waals surface area contributed by atoms with E-state index >= 15 is 0 Å². The Kier molecular flexibility index (Phi) is 2.84. The van der Waals surface area contributed by atoms with Crippen LogP contribution in [0.4, 0.5) is 0 Å². The molecule has 1 aromatic heterocycles. The summed E-state index contributed by atoms with van der Waals surface area (Å²) in [7, 11) is 1.35. The predicted molar refractivity (Wildman–Crippen MR) is 52.4 cm³/mol. The number of aromatic amines is 1. The van der Waals surface area contributed by atoms with Gasteiger partial charge in [-0.1, -0.05) is 0 Å². The van der Waals surface area contributed by atoms with E-state index in [9.17, 15) is 9.59 Å². The van der Waals surface area contributed by atoms with Crippen LogP contribution >= 0.6 is 0 Å². The number of carbonyl (C=O) groups excluding carboxylic acids is 2. The minimum absolute atomic E-state index is 0.200. The number of nitrogens with zero attached hydrogens (tertiary/aromatic N) is 3. The Morgan fingerprint density at radius 3 is 3.06 bits per heavy atom. The van der Waals surface area contributed by atoms with Gasteiger partial charge in [0, 0.05) is 13.1 Å². The lowest BCUT2D eigenvalue weighted by Crippen LogP contribution is -2.31. The molecule has 1 atom stereocenters. The largest absolute Gasteiger partial charge is 0.469 e. The number of ether oxygens (including phenoxy) is 1. The molecule has 1 unspecified atom stereocenters. The summed E-state index contributed by atoms with van der Waals surface area (Å²) >= 11 is 0. The fourth-order valence-corrected chi connectivity index (χ4v) is 1.76. The Morgan fingerprint density at radius 1 is 1.62 bits per heavy atom. The quantitative estimate of drug-likeness (QED) is 0.680. The van der Waals surface area contributed by atoms with Gasteiger partial charge in [-0.15, -0.1) is 0 Å². The lowest BCUT2D eigenvalue weighted by atomic mass is 10.1. The van der Waals surface area contributed by atoms with E-state index in [-0.39, 0.29) is 23.6 Å². The van der Waals surface area contributed by atoms with Crippen LogP contribution in [0.1, 0.15) is 17.0 Å². The van der Waals surface area contributed by atoms with Gasteiger partial charge in [0.2, 0.25) is 5.82 Å². The summed E-state index contributed by atoms with van der Waals surface area (Å²) < 4.78 is 4.64. The number of nitrogens with one attached hydrogen (secondary N) is 1. The number of esters is 1. The number of aromatic nitrogens is 3. The van der Waals surface area contributed by atoms with Crippen LogP contribution in [0.2, 0.25) is 0 Å². The fourth-order valence-electron chi connectivity index (χ4n) is 1.76. The van der Waals surface area contributed by atoms with Crippen molar-refractivity contribution in [1.82, 2.24) is 20.1 Å². The van der Waals surface area contributed by atoms with Crippen LogP contribution in [-0.2, 0) is 9.53 Å². The maximum absolute atomic E-state index is 11.8. The standard InChI is InChI=1S/C9H12N4O3/c1-16-9(15)6-2-3-13(4-6)8(14)7-10-5-11-12-7/h5-6H,2-4H2,1H3,(H,10,11,12). The maximum Gasteiger partial charge on any atom is 0.310 e. The molecular weight excluding hydrogens is 212 g/mol. The molecule has 1 fully saturated rings. The van der Waals surface area contributed by atoms with Crippen molar-refractivity contribution in [1.29, 1.82) is 0 Å². The molecule has 0 aliphatic carbocycles. The van der Waals surface area contributed by atoms with Crippen LogP contribution in [-0.4, -0.2) is 52.2 Å². The van der Waals surface area contributed by atoms with Crippen molar-refractivity contribution in [2.24, 2.45) is 5.92 Å². The molecular formula is C9H12N4O3. The highest BCUT2D eigenvalue weighted by molar-refractivity contribution is 5.91. The summed E-state index contributed by atoms with van der Waals surface area (Å²) in [5, 5.41) is 6.11. The molecule has 7 nitrogen and oxygen atoms in total. The molecule has 7 heteroatoms. The van der Waals surface area contributed by atoms with E-state index in [1.807, 2.05) is 0 Å². The molecule has 0 bridgehead atoms. The maximum atomic E-state index is 11.8. The number of H-pyrrole nitrogens is 1. The molecule has 1 saturated heterocycles. The Morgan fingerprint density at radius 2 is 2.44 bits per heavy atom. The highest BCUT2D eigenvalue weighted by atomic mass is 16.5. The summed E-state index contributed by atoms with van der Waals surface area (Å²) in [5.74, 6) is -0.529. The zero-order valence-electron chi connectivity index (χ0n) is 8.84. The third kappa shape index (κ3) is 1.88. The number of methoxy groups -OCH3 is 1. The molecule has 0 aromatic carbocycles. The third-order valence-corrected chi connectivity index (χ3v) is 2.63. The first-order chi connectivity index (χ1) is 7.72. The summed E-state index contributed by atoms with van der Waals surface area (Å²) in [4.78, 5) is 28.4.